The smallest absolute Gasteiger partial charge is 0.0345 e. The third-order valence-electron chi connectivity index (χ3n) is 3.54. The predicted molar refractivity (Wildman–Crippen MR) is 87.2 cm³/mol. The van der Waals surface area contributed by atoms with Gasteiger partial charge in [-0.3, -0.25) is 0 Å². The topological polar surface area (TPSA) is 12.0 Å². The van der Waals surface area contributed by atoms with Crippen molar-refractivity contribution < 1.29 is 0 Å². The maximum Gasteiger partial charge on any atom is 0.0345 e. The average molecular weight is 275 g/mol. The fraction of sp³-hybridized carbons (Fsp3) is 0.529. The highest BCUT2D eigenvalue weighted by molar-refractivity contribution is 7.17. The second-order valence-electron chi connectivity index (χ2n) is 5.17. The Morgan fingerprint density at radius 1 is 1.00 bits per heavy atom. The lowest BCUT2D eigenvalue weighted by atomic mass is 10.1. The van der Waals surface area contributed by atoms with E-state index in [1.54, 1.807) is 5.56 Å². The Morgan fingerprint density at radius 3 is 2.74 bits per heavy atom. The molecular weight excluding hydrogens is 250 g/mol. The lowest BCUT2D eigenvalue weighted by molar-refractivity contribution is 0.585. The maximum absolute atomic E-state index is 3.47. The van der Waals surface area contributed by atoms with Crippen LogP contribution in [0.25, 0.3) is 10.1 Å². The maximum atomic E-state index is 3.47. The van der Waals surface area contributed by atoms with E-state index in [0.717, 1.165) is 0 Å². The first-order chi connectivity index (χ1) is 9.42. The van der Waals surface area contributed by atoms with Crippen LogP contribution >= 0.6 is 11.3 Å². The summed E-state index contributed by atoms with van der Waals surface area (Å²) in [4.78, 5) is 0. The van der Waals surface area contributed by atoms with E-state index in [2.05, 4.69) is 41.9 Å². The van der Waals surface area contributed by atoms with E-state index in [9.17, 15) is 0 Å². The molecule has 0 atom stereocenters. The number of thiophene rings is 1. The number of fused-ring (bicyclic) bond motifs is 1. The van der Waals surface area contributed by atoms with Crippen LogP contribution in [0.5, 0.6) is 0 Å². The van der Waals surface area contributed by atoms with Gasteiger partial charge < -0.3 is 5.32 Å². The van der Waals surface area contributed by atoms with Crippen molar-refractivity contribution in [3.8, 4) is 0 Å². The Morgan fingerprint density at radius 2 is 1.84 bits per heavy atom. The van der Waals surface area contributed by atoms with Gasteiger partial charge in [-0.05, 0) is 61.2 Å². The summed E-state index contributed by atoms with van der Waals surface area (Å²) in [6, 6.07) is 8.77. The zero-order valence-corrected chi connectivity index (χ0v) is 12.8. The van der Waals surface area contributed by atoms with Crippen LogP contribution in [-0.2, 0) is 6.42 Å². The van der Waals surface area contributed by atoms with Crippen LogP contribution in [0.4, 0.5) is 0 Å². The molecule has 2 heteroatoms. The molecule has 2 rings (SSSR count). The molecule has 0 aliphatic heterocycles. The Kier molecular flexibility index (Phi) is 6.38. The summed E-state index contributed by atoms with van der Waals surface area (Å²) in [5.74, 6) is 0. The summed E-state index contributed by atoms with van der Waals surface area (Å²) in [7, 11) is 0. The monoisotopic (exact) mass is 275 g/mol. The van der Waals surface area contributed by atoms with Crippen LogP contribution in [0.1, 0.15) is 44.6 Å². The van der Waals surface area contributed by atoms with Gasteiger partial charge in [0.25, 0.3) is 0 Å². The fourth-order valence-electron chi connectivity index (χ4n) is 2.45. The molecule has 0 spiro atoms. The van der Waals surface area contributed by atoms with E-state index in [4.69, 9.17) is 0 Å². The Labute approximate surface area is 121 Å². The van der Waals surface area contributed by atoms with Crippen molar-refractivity contribution in [2.45, 2.75) is 45.4 Å². The van der Waals surface area contributed by atoms with Crippen LogP contribution in [0.3, 0.4) is 0 Å². The largest absolute Gasteiger partial charge is 0.317 e. The van der Waals surface area contributed by atoms with Gasteiger partial charge in [0.05, 0.1) is 0 Å². The van der Waals surface area contributed by atoms with Gasteiger partial charge in [0.15, 0.2) is 0 Å². The Bertz CT molecular complexity index is 475. The molecule has 0 saturated carbocycles. The molecule has 0 bridgehead atoms. The van der Waals surface area contributed by atoms with Crippen molar-refractivity contribution in [2.75, 3.05) is 13.1 Å². The molecular formula is C17H25NS. The van der Waals surface area contributed by atoms with Crippen LogP contribution in [0, 0.1) is 0 Å². The van der Waals surface area contributed by atoms with Gasteiger partial charge in [-0.2, -0.15) is 0 Å². The van der Waals surface area contributed by atoms with E-state index < -0.39 is 0 Å². The molecule has 0 radical (unpaired) electrons. The number of rotatable bonds is 9. The first-order valence-electron chi connectivity index (χ1n) is 7.57. The molecule has 0 amide bonds. The van der Waals surface area contributed by atoms with Gasteiger partial charge in [0.1, 0.15) is 0 Å². The second-order valence-corrected chi connectivity index (χ2v) is 6.08. The third-order valence-corrected chi connectivity index (χ3v) is 4.55. The Balaban J connectivity index is 1.63. The Hall–Kier alpha value is -0.860. The zero-order valence-electron chi connectivity index (χ0n) is 12.0. The highest BCUT2D eigenvalue weighted by atomic mass is 32.1. The summed E-state index contributed by atoms with van der Waals surface area (Å²) in [6.07, 6.45) is 7.85. The lowest BCUT2D eigenvalue weighted by Gasteiger charge is -2.03. The molecule has 0 aliphatic rings. The molecule has 0 fully saturated rings. The molecule has 1 N–H and O–H groups in total. The molecule has 1 nitrogen and oxygen atoms in total. The SMILES string of the molecule is CCCNCCCCCCc1csc2ccccc12. The van der Waals surface area contributed by atoms with Gasteiger partial charge in [0.2, 0.25) is 0 Å². The first kappa shape index (κ1) is 14.5. The first-order valence-corrected chi connectivity index (χ1v) is 8.45. The molecule has 19 heavy (non-hydrogen) atoms. The molecule has 0 saturated heterocycles. The summed E-state index contributed by atoms with van der Waals surface area (Å²) in [6.45, 7) is 4.58. The molecule has 0 aliphatic carbocycles. The van der Waals surface area contributed by atoms with Crippen molar-refractivity contribution in [1.29, 1.82) is 0 Å². The summed E-state index contributed by atoms with van der Waals surface area (Å²) >= 11 is 1.88. The minimum absolute atomic E-state index is 1.17. The van der Waals surface area contributed by atoms with Gasteiger partial charge in [-0.15, -0.1) is 11.3 Å². The quantitative estimate of drug-likeness (QED) is 0.635. The number of aryl methyl sites for hydroxylation is 1. The minimum atomic E-state index is 1.17. The van der Waals surface area contributed by atoms with Gasteiger partial charge >= 0.3 is 0 Å². The summed E-state index contributed by atoms with van der Waals surface area (Å²) in [5, 5.41) is 7.28. The highest BCUT2D eigenvalue weighted by Crippen LogP contribution is 2.26. The van der Waals surface area contributed by atoms with Gasteiger partial charge in [-0.1, -0.05) is 38.0 Å². The predicted octanol–water partition coefficient (Wildman–Crippen LogP) is 5.00. The van der Waals surface area contributed by atoms with Crippen molar-refractivity contribution >= 4 is 21.4 Å². The van der Waals surface area contributed by atoms with Crippen LogP contribution < -0.4 is 5.32 Å². The van der Waals surface area contributed by atoms with E-state index in [1.807, 2.05) is 11.3 Å². The van der Waals surface area contributed by atoms with E-state index in [-0.39, 0.29) is 0 Å². The second kappa shape index (κ2) is 8.34. The average Bonchev–Trinajstić information content (AvgIpc) is 2.85. The van der Waals surface area contributed by atoms with E-state index >= 15 is 0 Å². The van der Waals surface area contributed by atoms with Crippen molar-refractivity contribution in [1.82, 2.24) is 5.32 Å². The third kappa shape index (κ3) is 4.63. The van der Waals surface area contributed by atoms with Crippen molar-refractivity contribution in [3.05, 3.63) is 35.2 Å². The van der Waals surface area contributed by atoms with Crippen LogP contribution in [0.15, 0.2) is 29.6 Å². The molecule has 1 aromatic carbocycles. The number of nitrogens with one attached hydrogen (secondary N) is 1. The number of benzene rings is 1. The fourth-order valence-corrected chi connectivity index (χ4v) is 3.44. The minimum Gasteiger partial charge on any atom is -0.317 e. The molecule has 0 unspecified atom stereocenters. The molecule has 104 valence electrons. The van der Waals surface area contributed by atoms with Crippen molar-refractivity contribution in [3.63, 3.8) is 0 Å². The molecule has 2 aromatic rings. The van der Waals surface area contributed by atoms with E-state index in [1.165, 1.54) is 61.7 Å². The summed E-state index contributed by atoms with van der Waals surface area (Å²) < 4.78 is 1.43. The van der Waals surface area contributed by atoms with Crippen molar-refractivity contribution in [2.24, 2.45) is 0 Å². The van der Waals surface area contributed by atoms with Crippen LogP contribution in [0.2, 0.25) is 0 Å². The van der Waals surface area contributed by atoms with E-state index in [0.29, 0.717) is 0 Å². The zero-order chi connectivity index (χ0) is 13.3. The molecule has 1 heterocycles. The van der Waals surface area contributed by atoms with Crippen LogP contribution in [-0.4, -0.2) is 13.1 Å². The number of unbranched alkanes of at least 4 members (excludes halogenated alkanes) is 3. The number of hydrogen-bond acceptors (Lipinski definition) is 2. The number of hydrogen-bond donors (Lipinski definition) is 1. The standard InChI is InChI=1S/C17H25NS/c1-2-12-18-13-8-4-3-5-9-15-14-19-17-11-7-6-10-16(15)17/h6-7,10-11,14,18H,2-5,8-9,12-13H2,1H3. The van der Waals surface area contributed by atoms with Gasteiger partial charge in [-0.25, -0.2) is 0 Å². The summed E-state index contributed by atoms with van der Waals surface area (Å²) in [5.41, 5.74) is 1.55. The normalized spacial score (nSPS) is 11.2. The highest BCUT2D eigenvalue weighted by Gasteiger charge is 2.02. The molecule has 1 aromatic heterocycles. The van der Waals surface area contributed by atoms with Gasteiger partial charge in [0, 0.05) is 4.70 Å². The lowest BCUT2D eigenvalue weighted by Crippen LogP contribution is -2.15.